The van der Waals surface area contributed by atoms with E-state index >= 15 is 0 Å². The molecule has 0 spiro atoms. The highest BCUT2D eigenvalue weighted by Crippen LogP contribution is 2.22. The number of ether oxygens (including phenoxy) is 1. The summed E-state index contributed by atoms with van der Waals surface area (Å²) in [6, 6.07) is 9.12. The van der Waals surface area contributed by atoms with Crippen LogP contribution in [0.15, 0.2) is 46.7 Å². The van der Waals surface area contributed by atoms with Gasteiger partial charge in [0.1, 0.15) is 0 Å². The molecule has 0 fully saturated rings. The summed E-state index contributed by atoms with van der Waals surface area (Å²) in [6.07, 6.45) is 1.53. The third-order valence-electron chi connectivity index (χ3n) is 2.89. The van der Waals surface area contributed by atoms with Crippen LogP contribution in [0.4, 0.5) is 0 Å². The maximum atomic E-state index is 11.6. The Morgan fingerprint density at radius 1 is 1.30 bits per heavy atom. The molecule has 5 nitrogen and oxygen atoms in total. The van der Waals surface area contributed by atoms with Crippen molar-refractivity contribution in [2.75, 3.05) is 7.11 Å². The lowest BCUT2D eigenvalue weighted by molar-refractivity contribution is 0.0590. The molecular formula is C14H10N2O3S. The fraction of sp³-hybridized carbons (Fsp3) is 0.0714. The van der Waals surface area contributed by atoms with Gasteiger partial charge in [0.25, 0.3) is 0 Å². The van der Waals surface area contributed by atoms with Crippen LogP contribution in [0.1, 0.15) is 10.5 Å². The zero-order valence-electron chi connectivity index (χ0n) is 10.6. The Bertz CT molecular complexity index is 851. The van der Waals surface area contributed by atoms with Gasteiger partial charge in [-0.2, -0.15) is 5.10 Å². The molecular weight excluding hydrogens is 276 g/mol. The lowest BCUT2D eigenvalue weighted by Gasteiger charge is -2.06. The molecule has 0 atom stereocenters. The highest BCUT2D eigenvalue weighted by atomic mass is 32.1. The Morgan fingerprint density at radius 2 is 2.15 bits per heavy atom. The van der Waals surface area contributed by atoms with Gasteiger partial charge in [-0.3, -0.25) is 4.79 Å². The summed E-state index contributed by atoms with van der Waals surface area (Å²) in [5.74, 6) is -0.735. The largest absolute Gasteiger partial charge is 0.464 e. The van der Waals surface area contributed by atoms with Crippen LogP contribution < -0.4 is 5.43 Å². The highest BCUT2D eigenvalue weighted by Gasteiger charge is 2.13. The third kappa shape index (κ3) is 2.10. The van der Waals surface area contributed by atoms with Crippen molar-refractivity contribution in [3.63, 3.8) is 0 Å². The van der Waals surface area contributed by atoms with Gasteiger partial charge in [0.05, 0.1) is 12.8 Å². The van der Waals surface area contributed by atoms with Crippen molar-refractivity contribution in [2.24, 2.45) is 0 Å². The van der Waals surface area contributed by atoms with E-state index in [1.165, 1.54) is 28.8 Å². The van der Waals surface area contributed by atoms with Gasteiger partial charge in [0, 0.05) is 17.0 Å². The predicted molar refractivity (Wildman–Crippen MR) is 76.6 cm³/mol. The zero-order chi connectivity index (χ0) is 14.1. The van der Waals surface area contributed by atoms with E-state index in [1.807, 2.05) is 29.6 Å². The van der Waals surface area contributed by atoms with Crippen LogP contribution in [0.2, 0.25) is 0 Å². The average Bonchev–Trinajstić information content (AvgIpc) is 2.94. The molecule has 0 unspecified atom stereocenters. The highest BCUT2D eigenvalue weighted by molar-refractivity contribution is 7.17. The van der Waals surface area contributed by atoms with Gasteiger partial charge in [-0.25, -0.2) is 9.48 Å². The molecule has 0 radical (unpaired) electrons. The van der Waals surface area contributed by atoms with E-state index in [2.05, 4.69) is 9.84 Å². The SMILES string of the molecule is COC(=O)c1nn(-c2ccc3sccc3c2)ccc1=O. The van der Waals surface area contributed by atoms with Crippen molar-refractivity contribution in [3.05, 3.63) is 57.8 Å². The monoisotopic (exact) mass is 286 g/mol. The molecule has 0 aliphatic rings. The van der Waals surface area contributed by atoms with Crippen molar-refractivity contribution in [1.29, 1.82) is 0 Å². The van der Waals surface area contributed by atoms with E-state index in [9.17, 15) is 9.59 Å². The summed E-state index contributed by atoms with van der Waals surface area (Å²) < 4.78 is 7.21. The van der Waals surface area contributed by atoms with Gasteiger partial charge in [0.2, 0.25) is 11.1 Å². The second kappa shape index (κ2) is 4.90. The first-order valence-corrected chi connectivity index (χ1v) is 6.73. The van der Waals surface area contributed by atoms with Crippen LogP contribution in [0.5, 0.6) is 0 Å². The van der Waals surface area contributed by atoms with E-state index in [-0.39, 0.29) is 5.69 Å². The molecule has 0 bridgehead atoms. The van der Waals surface area contributed by atoms with Crippen molar-refractivity contribution >= 4 is 27.4 Å². The number of aromatic nitrogens is 2. The van der Waals surface area contributed by atoms with Gasteiger partial charge >= 0.3 is 5.97 Å². The molecule has 0 aliphatic carbocycles. The lowest BCUT2D eigenvalue weighted by Crippen LogP contribution is -2.21. The van der Waals surface area contributed by atoms with Gasteiger partial charge in [-0.15, -0.1) is 11.3 Å². The molecule has 0 aliphatic heterocycles. The predicted octanol–water partition coefficient (Wildman–Crippen LogP) is 2.23. The van der Waals surface area contributed by atoms with Crippen LogP contribution in [0, 0.1) is 0 Å². The third-order valence-corrected chi connectivity index (χ3v) is 3.79. The molecule has 0 saturated heterocycles. The summed E-state index contributed by atoms with van der Waals surface area (Å²) in [5.41, 5.74) is 0.103. The zero-order valence-corrected chi connectivity index (χ0v) is 11.4. The van der Waals surface area contributed by atoms with E-state index in [0.717, 1.165) is 11.1 Å². The van der Waals surface area contributed by atoms with Crippen LogP contribution in [0.25, 0.3) is 15.8 Å². The summed E-state index contributed by atoms with van der Waals surface area (Å²) >= 11 is 1.65. The van der Waals surface area contributed by atoms with E-state index in [1.54, 1.807) is 11.3 Å². The number of methoxy groups -OCH3 is 1. The van der Waals surface area contributed by atoms with Gasteiger partial charge in [-0.05, 0) is 35.0 Å². The molecule has 3 aromatic rings. The molecule has 6 heteroatoms. The van der Waals surface area contributed by atoms with Crippen LogP contribution >= 0.6 is 11.3 Å². The fourth-order valence-corrected chi connectivity index (χ4v) is 2.66. The quantitative estimate of drug-likeness (QED) is 0.678. The molecule has 100 valence electrons. The van der Waals surface area contributed by atoms with E-state index < -0.39 is 11.4 Å². The Labute approximate surface area is 118 Å². The Kier molecular flexibility index (Phi) is 3.08. The molecule has 0 amide bonds. The number of nitrogens with zero attached hydrogens (tertiary/aromatic N) is 2. The van der Waals surface area contributed by atoms with Crippen molar-refractivity contribution in [2.45, 2.75) is 0 Å². The summed E-state index contributed by atoms with van der Waals surface area (Å²) in [5, 5.41) is 7.13. The molecule has 3 rings (SSSR count). The van der Waals surface area contributed by atoms with Gasteiger partial charge < -0.3 is 4.74 Å². The summed E-state index contributed by atoms with van der Waals surface area (Å²) in [7, 11) is 1.22. The van der Waals surface area contributed by atoms with Crippen LogP contribution in [0.3, 0.4) is 0 Å². The molecule has 1 aromatic carbocycles. The minimum Gasteiger partial charge on any atom is -0.464 e. The fourth-order valence-electron chi connectivity index (χ4n) is 1.89. The number of fused-ring (bicyclic) bond motifs is 1. The number of hydrogen-bond donors (Lipinski definition) is 0. The minimum atomic E-state index is -0.735. The summed E-state index contributed by atoms with van der Waals surface area (Å²) in [4.78, 5) is 23.1. The van der Waals surface area contributed by atoms with E-state index in [4.69, 9.17) is 0 Å². The number of esters is 1. The topological polar surface area (TPSA) is 61.2 Å². The Morgan fingerprint density at radius 3 is 2.95 bits per heavy atom. The minimum absolute atomic E-state index is 0.222. The Hall–Kier alpha value is -2.47. The maximum Gasteiger partial charge on any atom is 0.362 e. The van der Waals surface area contributed by atoms with Gasteiger partial charge in [0.15, 0.2) is 0 Å². The number of benzene rings is 1. The number of carbonyl (C=O) groups excluding carboxylic acids is 1. The first kappa shape index (κ1) is 12.6. The maximum absolute atomic E-state index is 11.6. The molecule has 2 heterocycles. The summed E-state index contributed by atoms with van der Waals surface area (Å²) in [6.45, 7) is 0. The van der Waals surface area contributed by atoms with Crippen molar-refractivity contribution in [3.8, 4) is 5.69 Å². The number of hydrogen-bond acceptors (Lipinski definition) is 5. The first-order chi connectivity index (χ1) is 9.69. The second-order valence-corrected chi connectivity index (χ2v) is 5.06. The smallest absolute Gasteiger partial charge is 0.362 e. The molecule has 2 aromatic heterocycles. The van der Waals surface area contributed by atoms with Crippen molar-refractivity contribution in [1.82, 2.24) is 9.78 Å². The molecule has 0 N–H and O–H groups in total. The normalized spacial score (nSPS) is 10.7. The molecule has 20 heavy (non-hydrogen) atoms. The number of carbonyl (C=O) groups is 1. The van der Waals surface area contributed by atoms with E-state index in [0.29, 0.717) is 0 Å². The van der Waals surface area contributed by atoms with Crippen molar-refractivity contribution < 1.29 is 9.53 Å². The lowest BCUT2D eigenvalue weighted by atomic mass is 10.2. The second-order valence-electron chi connectivity index (χ2n) is 4.11. The van der Waals surface area contributed by atoms with Crippen LogP contribution in [-0.4, -0.2) is 22.9 Å². The van der Waals surface area contributed by atoms with Crippen LogP contribution in [-0.2, 0) is 4.74 Å². The average molecular weight is 286 g/mol. The number of rotatable bonds is 2. The first-order valence-electron chi connectivity index (χ1n) is 5.85. The standard InChI is InChI=1S/C14H10N2O3S/c1-19-14(18)13-11(17)4-6-16(15-13)10-2-3-12-9(8-10)5-7-20-12/h2-8H,1H3. The Balaban J connectivity index is 2.13. The molecule has 0 saturated carbocycles. The number of thiophene rings is 1. The van der Waals surface area contributed by atoms with Gasteiger partial charge in [-0.1, -0.05) is 0 Å².